The molecule has 0 radical (unpaired) electrons. The summed E-state index contributed by atoms with van der Waals surface area (Å²) in [7, 11) is 0. The van der Waals surface area contributed by atoms with Gasteiger partial charge in [0.05, 0.1) is 30.8 Å². The molecule has 2 heterocycles. The number of aromatic nitrogens is 1. The van der Waals surface area contributed by atoms with E-state index < -0.39 is 0 Å². The molecule has 1 saturated carbocycles. The molecule has 2 aromatic heterocycles. The molecule has 1 aliphatic carbocycles. The van der Waals surface area contributed by atoms with Gasteiger partial charge in [0.15, 0.2) is 0 Å². The predicted octanol–water partition coefficient (Wildman–Crippen LogP) is 4.48. The number of nitriles is 1. The van der Waals surface area contributed by atoms with E-state index in [1.165, 1.54) is 4.88 Å². The molecule has 2 nitrogen and oxygen atoms in total. The Bertz CT molecular complexity index is 590. The normalized spacial score (nSPS) is 16.7. The maximum atomic E-state index is 9.07. The minimum absolute atomic E-state index is 0.0921. The SMILES string of the molecule is N#CC1(Cc2nc(-c3ccc(Br)s3)cs2)CC1. The van der Waals surface area contributed by atoms with E-state index >= 15 is 0 Å². The highest BCUT2D eigenvalue weighted by Gasteiger charge is 2.43. The molecule has 3 rings (SSSR count). The Labute approximate surface area is 116 Å². The van der Waals surface area contributed by atoms with Crippen molar-refractivity contribution >= 4 is 38.6 Å². The van der Waals surface area contributed by atoms with Crippen molar-refractivity contribution in [3.05, 3.63) is 26.3 Å². The topological polar surface area (TPSA) is 36.7 Å². The fourth-order valence-electron chi connectivity index (χ4n) is 1.73. The molecule has 0 atom stereocenters. The van der Waals surface area contributed by atoms with Crippen molar-refractivity contribution in [3.8, 4) is 16.6 Å². The Morgan fingerprint density at radius 3 is 2.88 bits per heavy atom. The monoisotopic (exact) mass is 324 g/mol. The molecular weight excluding hydrogens is 316 g/mol. The fourth-order valence-corrected chi connectivity index (χ4v) is 4.09. The Balaban J connectivity index is 1.81. The Kier molecular flexibility index (Phi) is 2.81. The lowest BCUT2D eigenvalue weighted by Crippen LogP contribution is -2.00. The van der Waals surface area contributed by atoms with Crippen molar-refractivity contribution < 1.29 is 0 Å². The van der Waals surface area contributed by atoms with Crippen LogP contribution in [-0.2, 0) is 6.42 Å². The van der Waals surface area contributed by atoms with Gasteiger partial charge in [0, 0.05) is 11.8 Å². The van der Waals surface area contributed by atoms with Gasteiger partial charge in [0.25, 0.3) is 0 Å². The first kappa shape index (κ1) is 11.4. The van der Waals surface area contributed by atoms with E-state index in [-0.39, 0.29) is 5.41 Å². The van der Waals surface area contributed by atoms with Crippen LogP contribution in [0.2, 0.25) is 0 Å². The van der Waals surface area contributed by atoms with Gasteiger partial charge in [-0.1, -0.05) is 0 Å². The summed E-state index contributed by atoms with van der Waals surface area (Å²) in [4.78, 5) is 5.81. The predicted molar refractivity (Wildman–Crippen MR) is 74.1 cm³/mol. The second-order valence-electron chi connectivity index (χ2n) is 4.30. The molecule has 0 spiro atoms. The summed E-state index contributed by atoms with van der Waals surface area (Å²) in [5.74, 6) is 0. The molecule has 0 unspecified atom stereocenters. The highest BCUT2D eigenvalue weighted by atomic mass is 79.9. The molecule has 2 aromatic rings. The van der Waals surface area contributed by atoms with Crippen molar-refractivity contribution in [2.24, 2.45) is 5.41 Å². The number of hydrogen-bond donors (Lipinski definition) is 0. The molecule has 1 fully saturated rings. The van der Waals surface area contributed by atoms with Crippen LogP contribution in [0, 0.1) is 16.7 Å². The summed E-state index contributed by atoms with van der Waals surface area (Å²) in [5, 5.41) is 12.2. The van der Waals surface area contributed by atoms with Crippen molar-refractivity contribution in [1.82, 2.24) is 4.98 Å². The van der Waals surface area contributed by atoms with E-state index in [4.69, 9.17) is 5.26 Å². The first-order valence-electron chi connectivity index (χ1n) is 5.32. The van der Waals surface area contributed by atoms with Crippen LogP contribution in [0.15, 0.2) is 21.3 Å². The van der Waals surface area contributed by atoms with Crippen LogP contribution in [0.25, 0.3) is 10.6 Å². The van der Waals surface area contributed by atoms with Crippen LogP contribution >= 0.6 is 38.6 Å². The van der Waals surface area contributed by atoms with Gasteiger partial charge in [-0.25, -0.2) is 4.98 Å². The average molecular weight is 325 g/mol. The van der Waals surface area contributed by atoms with Crippen LogP contribution < -0.4 is 0 Å². The smallest absolute Gasteiger partial charge is 0.0948 e. The molecular formula is C12H9BrN2S2. The van der Waals surface area contributed by atoms with Crippen molar-refractivity contribution in [1.29, 1.82) is 5.26 Å². The maximum Gasteiger partial charge on any atom is 0.0948 e. The zero-order chi connectivity index (χ0) is 11.9. The Morgan fingerprint density at radius 2 is 2.29 bits per heavy atom. The minimum atomic E-state index is -0.0921. The second-order valence-corrected chi connectivity index (χ2v) is 7.70. The number of hydrogen-bond acceptors (Lipinski definition) is 4. The number of halogens is 1. The lowest BCUT2D eigenvalue weighted by Gasteiger charge is -1.99. The van der Waals surface area contributed by atoms with Gasteiger partial charge >= 0.3 is 0 Å². The van der Waals surface area contributed by atoms with E-state index in [1.807, 2.05) is 6.07 Å². The summed E-state index contributed by atoms with van der Waals surface area (Å²) in [6.07, 6.45) is 2.88. The molecule has 17 heavy (non-hydrogen) atoms. The summed E-state index contributed by atoms with van der Waals surface area (Å²) in [6.45, 7) is 0. The van der Waals surface area contributed by atoms with Gasteiger partial charge in [-0.2, -0.15) is 5.26 Å². The molecule has 0 aromatic carbocycles. The van der Waals surface area contributed by atoms with E-state index in [0.29, 0.717) is 0 Å². The molecule has 0 saturated heterocycles. The van der Waals surface area contributed by atoms with Crippen molar-refractivity contribution in [3.63, 3.8) is 0 Å². The van der Waals surface area contributed by atoms with Crippen LogP contribution in [0.1, 0.15) is 17.8 Å². The quantitative estimate of drug-likeness (QED) is 0.834. The van der Waals surface area contributed by atoms with Gasteiger partial charge < -0.3 is 0 Å². The number of nitrogens with zero attached hydrogens (tertiary/aromatic N) is 2. The third-order valence-corrected chi connectivity index (χ3v) is 5.45. The van der Waals surface area contributed by atoms with Gasteiger partial charge in [0.2, 0.25) is 0 Å². The van der Waals surface area contributed by atoms with Gasteiger partial charge in [-0.3, -0.25) is 0 Å². The third kappa shape index (κ3) is 2.30. The first-order chi connectivity index (χ1) is 8.21. The molecule has 86 valence electrons. The minimum Gasteiger partial charge on any atom is -0.240 e. The standard InChI is InChI=1S/C12H9BrN2S2/c13-10-2-1-9(17-10)8-6-16-11(15-8)5-12(7-14)3-4-12/h1-2,6H,3-5H2. The Hall–Kier alpha value is -0.700. The van der Waals surface area contributed by atoms with Gasteiger partial charge in [-0.15, -0.1) is 22.7 Å². The largest absolute Gasteiger partial charge is 0.240 e. The van der Waals surface area contributed by atoms with Gasteiger partial charge in [-0.05, 0) is 40.9 Å². The van der Waals surface area contributed by atoms with Crippen LogP contribution in [0.4, 0.5) is 0 Å². The van der Waals surface area contributed by atoms with Crippen molar-refractivity contribution in [2.75, 3.05) is 0 Å². The molecule has 0 amide bonds. The van der Waals surface area contributed by atoms with Crippen LogP contribution in [0.3, 0.4) is 0 Å². The number of thiophene rings is 1. The van der Waals surface area contributed by atoms with Crippen molar-refractivity contribution in [2.45, 2.75) is 19.3 Å². The zero-order valence-electron chi connectivity index (χ0n) is 8.94. The zero-order valence-corrected chi connectivity index (χ0v) is 12.2. The first-order valence-corrected chi connectivity index (χ1v) is 7.81. The summed E-state index contributed by atoms with van der Waals surface area (Å²) >= 11 is 6.81. The Morgan fingerprint density at radius 1 is 1.47 bits per heavy atom. The lowest BCUT2D eigenvalue weighted by atomic mass is 10.1. The van der Waals surface area contributed by atoms with E-state index in [2.05, 4.69) is 38.4 Å². The van der Waals surface area contributed by atoms with E-state index in [9.17, 15) is 0 Å². The third-order valence-electron chi connectivity index (χ3n) is 2.96. The van der Waals surface area contributed by atoms with Gasteiger partial charge in [0.1, 0.15) is 0 Å². The number of rotatable bonds is 3. The number of thiazole rings is 1. The summed E-state index contributed by atoms with van der Waals surface area (Å²) in [5.41, 5.74) is 0.944. The fraction of sp³-hybridized carbons (Fsp3) is 0.333. The molecule has 0 aliphatic heterocycles. The lowest BCUT2D eigenvalue weighted by molar-refractivity contribution is 0.662. The second kappa shape index (κ2) is 4.20. The maximum absolute atomic E-state index is 9.07. The molecule has 0 bridgehead atoms. The molecule has 1 aliphatic rings. The highest BCUT2D eigenvalue weighted by Crippen LogP contribution is 2.48. The van der Waals surface area contributed by atoms with Crippen LogP contribution in [0.5, 0.6) is 0 Å². The molecule has 5 heteroatoms. The average Bonchev–Trinajstić information content (AvgIpc) is 2.73. The summed E-state index contributed by atoms with van der Waals surface area (Å²) < 4.78 is 1.12. The summed E-state index contributed by atoms with van der Waals surface area (Å²) in [6, 6.07) is 6.53. The molecule has 0 N–H and O–H groups in total. The van der Waals surface area contributed by atoms with Crippen LogP contribution in [-0.4, -0.2) is 4.98 Å². The highest BCUT2D eigenvalue weighted by molar-refractivity contribution is 9.11. The van der Waals surface area contributed by atoms with E-state index in [1.54, 1.807) is 22.7 Å². The van der Waals surface area contributed by atoms with E-state index in [0.717, 1.165) is 33.8 Å².